The normalized spacial score (nSPS) is 18.4. The molecule has 148 valence electrons. The van der Waals surface area contributed by atoms with Crippen LogP contribution in [0.3, 0.4) is 0 Å². The number of nitrogens with one attached hydrogen (secondary N) is 1. The lowest BCUT2D eigenvalue weighted by atomic mass is 10.0. The van der Waals surface area contributed by atoms with Gasteiger partial charge >= 0.3 is 0 Å². The third-order valence-corrected chi connectivity index (χ3v) is 9.65. The predicted octanol–water partition coefficient (Wildman–Crippen LogP) is 4.96. The Bertz CT molecular complexity index is 1140. The minimum atomic E-state index is -3.78. The lowest BCUT2D eigenvalue weighted by molar-refractivity contribution is -0.120. The van der Waals surface area contributed by atoms with Crippen molar-refractivity contribution in [3.05, 3.63) is 39.1 Å². The maximum atomic E-state index is 13.0. The number of carbonyl (C=O) groups is 1. The Kier molecular flexibility index (Phi) is 5.78. The van der Waals surface area contributed by atoms with Crippen LogP contribution in [0.2, 0.25) is 4.34 Å². The van der Waals surface area contributed by atoms with E-state index in [-0.39, 0.29) is 10.1 Å². The largest absolute Gasteiger partial charge is 0.301 e. The number of amides is 1. The molecular weight excluding hydrogens is 506 g/mol. The molecule has 4 rings (SSSR count). The minimum absolute atomic E-state index is 0.154. The van der Waals surface area contributed by atoms with E-state index in [1.807, 2.05) is 18.2 Å². The van der Waals surface area contributed by atoms with E-state index in [4.69, 9.17) is 11.6 Å². The number of para-hydroxylation sites is 1. The van der Waals surface area contributed by atoms with Crippen LogP contribution in [0.25, 0.3) is 10.2 Å². The molecule has 1 aromatic carbocycles. The highest BCUT2D eigenvalue weighted by atomic mass is 79.9. The van der Waals surface area contributed by atoms with Gasteiger partial charge in [0.2, 0.25) is 5.91 Å². The molecular formula is C17H15BrClN3O3S3. The van der Waals surface area contributed by atoms with E-state index >= 15 is 0 Å². The number of aromatic nitrogens is 1. The maximum Gasteiger partial charge on any atom is 0.253 e. The molecule has 1 unspecified atom stereocenters. The first-order valence-corrected chi connectivity index (χ1v) is 12.7. The van der Waals surface area contributed by atoms with Gasteiger partial charge in [0.05, 0.1) is 14.6 Å². The van der Waals surface area contributed by atoms with Gasteiger partial charge in [0.15, 0.2) is 5.13 Å². The number of halogens is 2. The zero-order chi connectivity index (χ0) is 19.9. The molecule has 11 heteroatoms. The second kappa shape index (κ2) is 8.00. The first kappa shape index (κ1) is 20.2. The highest BCUT2D eigenvalue weighted by molar-refractivity contribution is 9.10. The van der Waals surface area contributed by atoms with Crippen molar-refractivity contribution in [3.8, 4) is 0 Å². The van der Waals surface area contributed by atoms with Crippen LogP contribution in [0.1, 0.15) is 19.3 Å². The molecule has 0 spiro atoms. The summed E-state index contributed by atoms with van der Waals surface area (Å²) >= 11 is 11.7. The average molecular weight is 521 g/mol. The summed E-state index contributed by atoms with van der Waals surface area (Å²) in [6.45, 7) is 0.307. The molecule has 0 bridgehead atoms. The van der Waals surface area contributed by atoms with Crippen molar-refractivity contribution in [1.82, 2.24) is 9.29 Å². The van der Waals surface area contributed by atoms with Crippen LogP contribution in [0.5, 0.6) is 0 Å². The van der Waals surface area contributed by atoms with Gasteiger partial charge in [-0.25, -0.2) is 13.4 Å². The van der Waals surface area contributed by atoms with E-state index in [9.17, 15) is 13.2 Å². The van der Waals surface area contributed by atoms with Crippen molar-refractivity contribution >= 4 is 81.5 Å². The third kappa shape index (κ3) is 3.86. The topological polar surface area (TPSA) is 79.4 Å². The van der Waals surface area contributed by atoms with Crippen molar-refractivity contribution in [3.63, 3.8) is 0 Å². The lowest BCUT2D eigenvalue weighted by Crippen LogP contribution is -2.49. The van der Waals surface area contributed by atoms with Crippen LogP contribution in [0, 0.1) is 0 Å². The summed E-state index contributed by atoms with van der Waals surface area (Å²) in [6, 6.07) is 7.97. The Morgan fingerprint density at radius 1 is 1.25 bits per heavy atom. The van der Waals surface area contributed by atoms with Crippen LogP contribution in [0.15, 0.2) is 39.0 Å². The van der Waals surface area contributed by atoms with E-state index in [1.54, 1.807) is 6.07 Å². The molecule has 2 aromatic heterocycles. The first-order chi connectivity index (χ1) is 13.4. The molecule has 1 atom stereocenters. The summed E-state index contributed by atoms with van der Waals surface area (Å²) in [4.78, 5) is 17.4. The zero-order valence-electron chi connectivity index (χ0n) is 14.4. The Labute approximate surface area is 183 Å². The second-order valence-corrected chi connectivity index (χ2v) is 12.0. The monoisotopic (exact) mass is 519 g/mol. The number of carbonyl (C=O) groups excluding carboxylic acids is 1. The SMILES string of the molecule is O=C(Nc1nc2c(Br)cccc2s1)C1CCCCN1S(=O)(=O)c1ccc(Cl)s1. The average Bonchev–Trinajstić information content (AvgIpc) is 3.29. The number of hydrogen-bond acceptors (Lipinski definition) is 6. The quantitative estimate of drug-likeness (QED) is 0.527. The third-order valence-electron chi connectivity index (χ3n) is 4.47. The van der Waals surface area contributed by atoms with Gasteiger partial charge in [0, 0.05) is 11.0 Å². The van der Waals surface area contributed by atoms with Crippen LogP contribution < -0.4 is 5.32 Å². The number of thiophene rings is 1. The van der Waals surface area contributed by atoms with E-state index < -0.39 is 16.1 Å². The van der Waals surface area contributed by atoms with Crippen LogP contribution in [-0.2, 0) is 14.8 Å². The Morgan fingerprint density at radius 2 is 2.07 bits per heavy atom. The number of thiazole rings is 1. The molecule has 6 nitrogen and oxygen atoms in total. The molecule has 1 amide bonds. The maximum absolute atomic E-state index is 13.0. The number of hydrogen-bond donors (Lipinski definition) is 1. The highest BCUT2D eigenvalue weighted by Crippen LogP contribution is 2.34. The number of sulfonamides is 1. The van der Waals surface area contributed by atoms with Gasteiger partial charge < -0.3 is 5.32 Å². The molecule has 3 heterocycles. The van der Waals surface area contributed by atoms with E-state index in [0.717, 1.165) is 38.9 Å². The predicted molar refractivity (Wildman–Crippen MR) is 117 cm³/mol. The van der Waals surface area contributed by atoms with Crippen molar-refractivity contribution < 1.29 is 13.2 Å². The zero-order valence-corrected chi connectivity index (χ0v) is 19.2. The van der Waals surface area contributed by atoms with Gasteiger partial charge in [-0.2, -0.15) is 4.31 Å². The lowest BCUT2D eigenvalue weighted by Gasteiger charge is -2.32. The minimum Gasteiger partial charge on any atom is -0.301 e. The fraction of sp³-hybridized carbons (Fsp3) is 0.294. The van der Waals surface area contributed by atoms with Crippen LogP contribution in [-0.4, -0.2) is 36.2 Å². The summed E-state index contributed by atoms with van der Waals surface area (Å²) in [5.41, 5.74) is 0.768. The Hall–Kier alpha value is -1.04. The van der Waals surface area contributed by atoms with Gasteiger partial charge in [-0.1, -0.05) is 35.4 Å². The number of rotatable bonds is 4. The molecule has 3 aromatic rings. The summed E-state index contributed by atoms with van der Waals surface area (Å²) in [5, 5.41) is 3.26. The van der Waals surface area contributed by atoms with Gasteiger partial charge in [-0.05, 0) is 53.0 Å². The molecule has 1 aliphatic heterocycles. The standard InChI is InChI=1S/C17H15BrClN3O3S3/c18-10-4-3-6-12-15(10)20-17(26-12)21-16(23)11-5-1-2-9-22(11)28(24,25)14-8-7-13(19)27-14/h3-4,6-8,11H,1-2,5,9H2,(H,20,21,23). The van der Waals surface area contributed by atoms with Crippen molar-refractivity contribution in [2.75, 3.05) is 11.9 Å². The van der Waals surface area contributed by atoms with E-state index in [1.165, 1.54) is 21.7 Å². The summed E-state index contributed by atoms with van der Waals surface area (Å²) in [6.07, 6.45) is 1.98. The summed E-state index contributed by atoms with van der Waals surface area (Å²) in [7, 11) is -3.78. The molecule has 0 saturated carbocycles. The number of piperidine rings is 1. The molecule has 0 aliphatic carbocycles. The number of anilines is 1. The first-order valence-electron chi connectivity index (χ1n) is 8.49. The Balaban J connectivity index is 1.60. The van der Waals surface area contributed by atoms with E-state index in [0.29, 0.717) is 22.4 Å². The van der Waals surface area contributed by atoms with Gasteiger partial charge in [-0.3, -0.25) is 4.79 Å². The van der Waals surface area contributed by atoms with Gasteiger partial charge in [0.1, 0.15) is 10.3 Å². The highest BCUT2D eigenvalue weighted by Gasteiger charge is 2.38. The fourth-order valence-corrected chi connectivity index (χ4v) is 7.91. The van der Waals surface area contributed by atoms with Gasteiger partial charge in [-0.15, -0.1) is 11.3 Å². The fourth-order valence-electron chi connectivity index (χ4n) is 3.16. The molecule has 0 radical (unpaired) electrons. The molecule has 1 N–H and O–H groups in total. The molecule has 1 aliphatic rings. The van der Waals surface area contributed by atoms with Crippen molar-refractivity contribution in [2.45, 2.75) is 29.5 Å². The van der Waals surface area contributed by atoms with Crippen molar-refractivity contribution in [1.29, 1.82) is 0 Å². The van der Waals surface area contributed by atoms with Gasteiger partial charge in [0.25, 0.3) is 10.0 Å². The molecule has 1 saturated heterocycles. The summed E-state index contributed by atoms with van der Waals surface area (Å²) < 4.78 is 29.7. The number of benzene rings is 1. The number of nitrogens with zero attached hydrogens (tertiary/aromatic N) is 2. The summed E-state index contributed by atoms with van der Waals surface area (Å²) in [5.74, 6) is -0.360. The number of fused-ring (bicyclic) bond motifs is 1. The Morgan fingerprint density at radius 3 is 2.79 bits per heavy atom. The molecule has 28 heavy (non-hydrogen) atoms. The van der Waals surface area contributed by atoms with Crippen LogP contribution >= 0.6 is 50.2 Å². The van der Waals surface area contributed by atoms with Crippen LogP contribution in [0.4, 0.5) is 5.13 Å². The van der Waals surface area contributed by atoms with Crippen molar-refractivity contribution in [2.24, 2.45) is 0 Å². The molecule has 1 fully saturated rings. The smallest absolute Gasteiger partial charge is 0.253 e. The second-order valence-electron chi connectivity index (χ2n) is 6.28. The van der Waals surface area contributed by atoms with E-state index in [2.05, 4.69) is 26.2 Å².